The zero-order chi connectivity index (χ0) is 19.7. The van der Waals surface area contributed by atoms with Crippen molar-refractivity contribution in [3.63, 3.8) is 0 Å². The molecule has 28 heavy (non-hydrogen) atoms. The van der Waals surface area contributed by atoms with Crippen molar-refractivity contribution in [1.82, 2.24) is 14.9 Å². The van der Waals surface area contributed by atoms with Gasteiger partial charge in [0.25, 0.3) is 5.91 Å². The van der Waals surface area contributed by atoms with Gasteiger partial charge in [-0.1, -0.05) is 23.2 Å². The van der Waals surface area contributed by atoms with Crippen molar-refractivity contribution in [2.24, 2.45) is 0 Å². The number of carbonyl (C=O) groups is 2. The van der Waals surface area contributed by atoms with Crippen molar-refractivity contribution in [3.05, 3.63) is 52.0 Å². The Balaban J connectivity index is 1.51. The molecule has 2 aliphatic rings. The molecule has 1 N–H and O–H groups in total. The van der Waals surface area contributed by atoms with E-state index in [9.17, 15) is 9.59 Å². The van der Waals surface area contributed by atoms with Crippen molar-refractivity contribution < 1.29 is 9.59 Å². The Labute approximate surface area is 173 Å². The minimum Gasteiger partial charge on any atom is -0.325 e. The molecule has 1 unspecified atom stereocenters. The lowest BCUT2D eigenvalue weighted by molar-refractivity contribution is -0.121. The molecule has 6 nitrogen and oxygen atoms in total. The van der Waals surface area contributed by atoms with Crippen LogP contribution in [0.3, 0.4) is 0 Å². The van der Waals surface area contributed by atoms with Crippen LogP contribution in [0, 0.1) is 0 Å². The van der Waals surface area contributed by atoms with Gasteiger partial charge in [-0.25, -0.2) is 9.97 Å². The molecule has 2 heterocycles. The van der Waals surface area contributed by atoms with E-state index >= 15 is 0 Å². The summed E-state index contributed by atoms with van der Waals surface area (Å²) < 4.78 is 0. The average molecular weight is 419 g/mol. The maximum atomic E-state index is 13.1. The van der Waals surface area contributed by atoms with Crippen LogP contribution < -0.4 is 5.32 Å². The number of carbonyl (C=O) groups excluding carboxylic acids is 2. The van der Waals surface area contributed by atoms with Crippen molar-refractivity contribution in [2.75, 3.05) is 11.9 Å². The van der Waals surface area contributed by atoms with Gasteiger partial charge < -0.3 is 10.2 Å². The van der Waals surface area contributed by atoms with Crippen LogP contribution in [0.1, 0.15) is 54.3 Å². The van der Waals surface area contributed by atoms with Crippen molar-refractivity contribution in [1.29, 1.82) is 0 Å². The monoisotopic (exact) mass is 418 g/mol. The highest BCUT2D eigenvalue weighted by molar-refractivity contribution is 6.42. The maximum absolute atomic E-state index is 13.1. The summed E-state index contributed by atoms with van der Waals surface area (Å²) in [5.41, 5.74) is 0.904. The second-order valence-electron chi connectivity index (χ2n) is 7.20. The Morgan fingerprint density at radius 1 is 1.07 bits per heavy atom. The quantitative estimate of drug-likeness (QED) is 0.802. The summed E-state index contributed by atoms with van der Waals surface area (Å²) in [6.07, 6.45) is 6.12. The first-order chi connectivity index (χ1) is 13.5. The average Bonchev–Trinajstić information content (AvgIpc) is 3.56. The van der Waals surface area contributed by atoms with Gasteiger partial charge in [-0.05, 0) is 56.4 Å². The van der Waals surface area contributed by atoms with Gasteiger partial charge in [-0.3, -0.25) is 9.59 Å². The first-order valence-electron chi connectivity index (χ1n) is 9.43. The Bertz CT molecular complexity index is 917. The fraction of sp³-hybridized carbons (Fsp3) is 0.400. The van der Waals surface area contributed by atoms with Gasteiger partial charge in [0, 0.05) is 24.3 Å². The third-order valence-electron chi connectivity index (χ3n) is 5.09. The zero-order valence-electron chi connectivity index (χ0n) is 15.2. The fourth-order valence-electron chi connectivity index (χ4n) is 3.42. The Morgan fingerprint density at radius 3 is 2.64 bits per heavy atom. The summed E-state index contributed by atoms with van der Waals surface area (Å²) >= 11 is 12.0. The van der Waals surface area contributed by atoms with Gasteiger partial charge >= 0.3 is 0 Å². The highest BCUT2D eigenvalue weighted by atomic mass is 35.5. The van der Waals surface area contributed by atoms with E-state index in [1.165, 1.54) is 0 Å². The molecular formula is C20H20Cl2N4O2. The van der Waals surface area contributed by atoms with Gasteiger partial charge in [0.1, 0.15) is 17.6 Å². The number of amides is 2. The molecular weight excluding hydrogens is 399 g/mol. The number of aromatic nitrogens is 2. The predicted molar refractivity (Wildman–Crippen MR) is 108 cm³/mol. The van der Waals surface area contributed by atoms with Crippen LogP contribution in [0.4, 0.5) is 5.69 Å². The number of rotatable bonds is 4. The number of nitrogens with zero attached hydrogens (tertiary/aromatic N) is 3. The lowest BCUT2D eigenvalue weighted by Gasteiger charge is -2.34. The van der Waals surface area contributed by atoms with E-state index in [4.69, 9.17) is 23.2 Å². The van der Waals surface area contributed by atoms with E-state index in [2.05, 4.69) is 15.3 Å². The number of hydrogen-bond donors (Lipinski definition) is 1. The van der Waals surface area contributed by atoms with E-state index in [1.54, 1.807) is 35.4 Å². The molecule has 2 aromatic rings. The zero-order valence-corrected chi connectivity index (χ0v) is 16.7. The minimum atomic E-state index is -0.546. The topological polar surface area (TPSA) is 75.2 Å². The standard InChI is InChI=1S/C20H20Cl2N4O2/c21-14-7-6-13(11-15(14)22)24-19(27)17-3-1-2-10-26(17)20(28)16-8-9-23-18(25-16)12-4-5-12/h6-9,11-12,17H,1-5,10H2,(H,24,27). The van der Waals surface area contributed by atoms with Gasteiger partial charge in [0.15, 0.2) is 0 Å². The molecule has 0 radical (unpaired) electrons. The van der Waals surface area contributed by atoms with Gasteiger partial charge in [-0.2, -0.15) is 0 Å². The Hall–Kier alpha value is -2.18. The minimum absolute atomic E-state index is 0.224. The summed E-state index contributed by atoms with van der Waals surface area (Å²) in [6, 6.07) is 5.99. The van der Waals surface area contributed by atoms with E-state index in [-0.39, 0.29) is 11.8 Å². The molecule has 1 aromatic heterocycles. The van der Waals surface area contributed by atoms with Crippen LogP contribution in [-0.4, -0.2) is 39.3 Å². The van der Waals surface area contributed by atoms with Crippen LogP contribution in [0.15, 0.2) is 30.5 Å². The van der Waals surface area contributed by atoms with Gasteiger partial charge in [0.2, 0.25) is 5.91 Å². The Kier molecular flexibility index (Phi) is 5.51. The number of piperidine rings is 1. The Morgan fingerprint density at radius 2 is 1.89 bits per heavy atom. The molecule has 0 spiro atoms. The lowest BCUT2D eigenvalue weighted by Crippen LogP contribution is -2.50. The molecule has 1 atom stereocenters. The van der Waals surface area contributed by atoms with Crippen LogP contribution in [-0.2, 0) is 4.79 Å². The van der Waals surface area contributed by atoms with Crippen LogP contribution in [0.25, 0.3) is 0 Å². The highest BCUT2D eigenvalue weighted by Crippen LogP contribution is 2.37. The fourth-order valence-corrected chi connectivity index (χ4v) is 3.72. The van der Waals surface area contributed by atoms with Crippen molar-refractivity contribution in [3.8, 4) is 0 Å². The predicted octanol–water partition coefficient (Wildman–Crippen LogP) is 4.29. The molecule has 1 aliphatic heterocycles. The molecule has 8 heteroatoms. The van der Waals surface area contributed by atoms with Crippen LogP contribution in [0.2, 0.25) is 10.0 Å². The summed E-state index contributed by atoms with van der Waals surface area (Å²) in [6.45, 7) is 0.529. The SMILES string of the molecule is O=C(Nc1ccc(Cl)c(Cl)c1)C1CCCCN1C(=O)c1ccnc(C2CC2)n1. The highest BCUT2D eigenvalue weighted by Gasteiger charge is 2.34. The summed E-state index contributed by atoms with van der Waals surface area (Å²) in [4.78, 5) is 36.3. The van der Waals surface area contributed by atoms with E-state index in [0.717, 1.165) is 31.5 Å². The maximum Gasteiger partial charge on any atom is 0.273 e. The second kappa shape index (κ2) is 8.05. The summed E-state index contributed by atoms with van der Waals surface area (Å²) in [5, 5.41) is 3.63. The van der Waals surface area contributed by atoms with E-state index < -0.39 is 6.04 Å². The first-order valence-corrected chi connectivity index (χ1v) is 10.2. The van der Waals surface area contributed by atoms with Crippen LogP contribution in [0.5, 0.6) is 0 Å². The van der Waals surface area contributed by atoms with Gasteiger partial charge in [0.05, 0.1) is 10.0 Å². The molecule has 146 valence electrons. The second-order valence-corrected chi connectivity index (χ2v) is 8.02. The molecule has 1 aliphatic carbocycles. The number of anilines is 1. The van der Waals surface area contributed by atoms with Crippen LogP contribution >= 0.6 is 23.2 Å². The largest absolute Gasteiger partial charge is 0.325 e. The molecule has 2 amide bonds. The number of nitrogens with one attached hydrogen (secondary N) is 1. The molecule has 2 fully saturated rings. The molecule has 4 rings (SSSR count). The summed E-state index contributed by atoms with van der Waals surface area (Å²) in [7, 11) is 0. The van der Waals surface area contributed by atoms with Crippen molar-refractivity contribution >= 4 is 40.7 Å². The molecule has 0 bridgehead atoms. The van der Waals surface area contributed by atoms with E-state index in [0.29, 0.717) is 40.3 Å². The lowest BCUT2D eigenvalue weighted by atomic mass is 10.0. The molecule has 1 saturated carbocycles. The summed E-state index contributed by atoms with van der Waals surface area (Å²) in [5.74, 6) is 0.628. The smallest absolute Gasteiger partial charge is 0.273 e. The first kappa shape index (κ1) is 19.2. The van der Waals surface area contributed by atoms with E-state index in [1.807, 2.05) is 0 Å². The number of halogens is 2. The van der Waals surface area contributed by atoms with Gasteiger partial charge in [-0.15, -0.1) is 0 Å². The number of hydrogen-bond acceptors (Lipinski definition) is 4. The molecule has 1 aromatic carbocycles. The number of likely N-dealkylation sites (tertiary alicyclic amines) is 1. The number of benzene rings is 1. The third kappa shape index (κ3) is 4.13. The van der Waals surface area contributed by atoms with Crippen molar-refractivity contribution in [2.45, 2.75) is 44.1 Å². The molecule has 1 saturated heterocycles. The normalized spacial score (nSPS) is 19.4. The third-order valence-corrected chi connectivity index (χ3v) is 5.83.